The van der Waals surface area contributed by atoms with E-state index in [9.17, 15) is 9.59 Å². The van der Waals surface area contributed by atoms with Crippen molar-refractivity contribution in [3.05, 3.63) is 43.7 Å². The predicted molar refractivity (Wildman–Crippen MR) is 136 cm³/mol. The lowest BCUT2D eigenvalue weighted by Crippen LogP contribution is -2.16. The fraction of sp³-hybridized carbons (Fsp3) is 0.520. The number of benzene rings is 1. The Balaban J connectivity index is 1.73. The first-order chi connectivity index (χ1) is 16.0. The van der Waals surface area contributed by atoms with Gasteiger partial charge in [-0.25, -0.2) is 4.79 Å². The number of ether oxygens (including phenoxy) is 2. The number of aryl methyl sites for hydroxylation is 1. The van der Waals surface area contributed by atoms with Crippen molar-refractivity contribution in [3.63, 3.8) is 0 Å². The van der Waals surface area contributed by atoms with E-state index in [1.807, 2.05) is 0 Å². The van der Waals surface area contributed by atoms with Crippen LogP contribution in [0.3, 0.4) is 0 Å². The van der Waals surface area contributed by atoms with Gasteiger partial charge in [-0.1, -0.05) is 55.8 Å². The van der Waals surface area contributed by atoms with Gasteiger partial charge >= 0.3 is 5.97 Å². The Bertz CT molecular complexity index is 966. The summed E-state index contributed by atoms with van der Waals surface area (Å²) in [5.41, 5.74) is 1.78. The number of thiophene rings is 1. The van der Waals surface area contributed by atoms with E-state index in [1.165, 1.54) is 30.6 Å². The van der Waals surface area contributed by atoms with Gasteiger partial charge in [0.1, 0.15) is 5.00 Å². The molecule has 0 saturated carbocycles. The highest BCUT2D eigenvalue weighted by Crippen LogP contribution is 2.39. The molecule has 0 atom stereocenters. The van der Waals surface area contributed by atoms with Crippen LogP contribution in [0.5, 0.6) is 5.75 Å². The number of unbranched alkanes of at least 4 members (excludes halogenated alkanes) is 4. The van der Waals surface area contributed by atoms with Crippen LogP contribution < -0.4 is 10.1 Å². The summed E-state index contributed by atoms with van der Waals surface area (Å²) in [5, 5.41) is 3.99. The number of carbonyl (C=O) groups excluding carboxylic acids is 2. The van der Waals surface area contributed by atoms with Crippen LogP contribution in [0.2, 0.25) is 10.0 Å². The Morgan fingerprint density at radius 1 is 1.03 bits per heavy atom. The van der Waals surface area contributed by atoms with Crippen molar-refractivity contribution in [1.82, 2.24) is 0 Å². The number of fused-ring (bicyclic) bond motifs is 1. The average Bonchev–Trinajstić information content (AvgIpc) is 3.15. The highest BCUT2D eigenvalue weighted by molar-refractivity contribution is 7.17. The highest BCUT2D eigenvalue weighted by atomic mass is 35.5. The second-order valence-electron chi connectivity index (χ2n) is 8.12. The van der Waals surface area contributed by atoms with Gasteiger partial charge in [-0.3, -0.25) is 4.79 Å². The lowest BCUT2D eigenvalue weighted by atomic mass is 9.95. The zero-order valence-electron chi connectivity index (χ0n) is 19.2. The maximum Gasteiger partial charge on any atom is 0.341 e. The van der Waals surface area contributed by atoms with Crippen molar-refractivity contribution in [2.75, 3.05) is 18.5 Å². The molecule has 0 aliphatic heterocycles. The first-order valence-corrected chi connectivity index (χ1v) is 13.3. The summed E-state index contributed by atoms with van der Waals surface area (Å²) in [6.07, 6.45) is 9.44. The largest absolute Gasteiger partial charge is 0.490 e. The number of esters is 1. The maximum absolute atomic E-state index is 13.0. The highest BCUT2D eigenvalue weighted by Gasteiger charge is 2.27. The number of nitrogens with one attached hydrogen (secondary N) is 1. The molecule has 0 saturated heterocycles. The smallest absolute Gasteiger partial charge is 0.341 e. The molecule has 0 fully saturated rings. The SMILES string of the molecule is CCCCCCCOc1c(Cl)cc(C(=O)Nc2sc3c(c2C(=O)OCC)CCCC3)cc1Cl. The lowest BCUT2D eigenvalue weighted by Gasteiger charge is -2.13. The maximum atomic E-state index is 13.0. The van der Waals surface area contributed by atoms with Crippen LogP contribution in [0.1, 0.15) is 89.9 Å². The number of anilines is 1. The minimum atomic E-state index is -0.397. The van der Waals surface area contributed by atoms with Crippen LogP contribution in [0, 0.1) is 0 Å². The Morgan fingerprint density at radius 2 is 1.73 bits per heavy atom. The van der Waals surface area contributed by atoms with Crippen LogP contribution in [0.4, 0.5) is 5.00 Å². The molecule has 0 unspecified atom stereocenters. The molecule has 0 spiro atoms. The third-order valence-corrected chi connectivity index (χ3v) is 7.40. The average molecular weight is 512 g/mol. The first kappa shape index (κ1) is 25.9. The molecule has 1 aliphatic rings. The topological polar surface area (TPSA) is 64.6 Å². The van der Waals surface area contributed by atoms with Crippen molar-refractivity contribution in [2.24, 2.45) is 0 Å². The molecule has 0 radical (unpaired) electrons. The van der Waals surface area contributed by atoms with Gasteiger partial charge < -0.3 is 14.8 Å². The molecular formula is C25H31Cl2NO4S. The third-order valence-electron chi connectivity index (χ3n) is 5.63. The summed E-state index contributed by atoms with van der Waals surface area (Å²) in [4.78, 5) is 26.8. The third kappa shape index (κ3) is 6.65. The molecule has 8 heteroatoms. The van der Waals surface area contributed by atoms with Gasteiger partial charge in [-0.2, -0.15) is 0 Å². The molecule has 1 N–H and O–H groups in total. The van der Waals surface area contributed by atoms with E-state index >= 15 is 0 Å². The van der Waals surface area contributed by atoms with Crippen LogP contribution in [-0.4, -0.2) is 25.1 Å². The summed E-state index contributed by atoms with van der Waals surface area (Å²) in [5.74, 6) is -0.385. The molecular weight excluding hydrogens is 481 g/mol. The summed E-state index contributed by atoms with van der Waals surface area (Å²) < 4.78 is 11.0. The molecule has 1 heterocycles. The zero-order chi connectivity index (χ0) is 23.8. The minimum absolute atomic E-state index is 0.280. The molecule has 1 amide bonds. The zero-order valence-corrected chi connectivity index (χ0v) is 21.6. The molecule has 1 aromatic carbocycles. The van der Waals surface area contributed by atoms with Crippen LogP contribution in [-0.2, 0) is 17.6 Å². The summed E-state index contributed by atoms with van der Waals surface area (Å²) in [6, 6.07) is 3.10. The number of halogens is 2. The first-order valence-electron chi connectivity index (χ1n) is 11.7. The van der Waals surface area contributed by atoms with E-state index in [0.29, 0.717) is 28.5 Å². The number of hydrogen-bond acceptors (Lipinski definition) is 5. The van der Waals surface area contributed by atoms with Crippen LogP contribution in [0.25, 0.3) is 0 Å². The van der Waals surface area contributed by atoms with Crippen LogP contribution in [0.15, 0.2) is 12.1 Å². The molecule has 0 bridgehead atoms. The second kappa shape index (κ2) is 12.6. The Hall–Kier alpha value is -1.76. The van der Waals surface area contributed by atoms with E-state index in [2.05, 4.69) is 12.2 Å². The van der Waals surface area contributed by atoms with Crippen molar-refractivity contribution in [3.8, 4) is 5.75 Å². The van der Waals surface area contributed by atoms with Gasteiger partial charge in [-0.05, 0) is 56.7 Å². The van der Waals surface area contributed by atoms with Gasteiger partial charge in [0.2, 0.25) is 0 Å². The van der Waals surface area contributed by atoms with Crippen molar-refractivity contribution >= 4 is 51.4 Å². The summed E-state index contributed by atoms with van der Waals surface area (Å²) in [6.45, 7) is 4.76. The number of rotatable bonds is 11. The number of amides is 1. The number of carbonyl (C=O) groups is 2. The molecule has 180 valence electrons. The van der Waals surface area contributed by atoms with Gasteiger partial charge in [0.05, 0.1) is 28.8 Å². The molecule has 1 aliphatic carbocycles. The molecule has 3 rings (SSSR count). The Labute approximate surface area is 209 Å². The van der Waals surface area contributed by atoms with E-state index in [1.54, 1.807) is 19.1 Å². The lowest BCUT2D eigenvalue weighted by molar-refractivity contribution is 0.0526. The van der Waals surface area contributed by atoms with Crippen molar-refractivity contribution < 1.29 is 19.1 Å². The van der Waals surface area contributed by atoms with Gasteiger partial charge in [0, 0.05) is 10.4 Å². The van der Waals surface area contributed by atoms with E-state index in [0.717, 1.165) is 49.0 Å². The van der Waals surface area contributed by atoms with Gasteiger partial charge in [0.25, 0.3) is 5.91 Å². The van der Waals surface area contributed by atoms with Gasteiger partial charge in [-0.15, -0.1) is 11.3 Å². The second-order valence-corrected chi connectivity index (χ2v) is 10.0. The Kier molecular flexibility index (Phi) is 9.90. The fourth-order valence-corrected chi connectivity index (χ4v) is 5.83. The van der Waals surface area contributed by atoms with Crippen molar-refractivity contribution in [2.45, 2.75) is 71.6 Å². The quantitative estimate of drug-likeness (QED) is 0.247. The monoisotopic (exact) mass is 511 g/mol. The minimum Gasteiger partial charge on any atom is -0.490 e. The fourth-order valence-electron chi connectivity index (χ4n) is 3.96. The molecule has 33 heavy (non-hydrogen) atoms. The number of hydrogen-bond donors (Lipinski definition) is 1. The van der Waals surface area contributed by atoms with Gasteiger partial charge in [0.15, 0.2) is 5.75 Å². The van der Waals surface area contributed by atoms with E-state index in [-0.39, 0.29) is 22.6 Å². The predicted octanol–water partition coefficient (Wildman–Crippen LogP) is 7.71. The van der Waals surface area contributed by atoms with E-state index < -0.39 is 5.97 Å². The standard InChI is InChI=1S/C25H31Cl2NO4S/c1-3-5-6-7-10-13-32-22-18(26)14-16(15-19(22)27)23(29)28-24-21(25(30)31-4-2)17-11-8-9-12-20(17)33-24/h14-15H,3-13H2,1-2H3,(H,28,29). The van der Waals surface area contributed by atoms with E-state index in [4.69, 9.17) is 32.7 Å². The van der Waals surface area contributed by atoms with Crippen molar-refractivity contribution in [1.29, 1.82) is 0 Å². The molecule has 1 aromatic heterocycles. The molecule has 5 nitrogen and oxygen atoms in total. The van der Waals surface area contributed by atoms with Crippen LogP contribution >= 0.6 is 34.5 Å². The summed E-state index contributed by atoms with van der Waals surface area (Å²) in [7, 11) is 0. The summed E-state index contributed by atoms with van der Waals surface area (Å²) >= 11 is 14.2. The molecule has 2 aromatic rings. The Morgan fingerprint density at radius 3 is 2.42 bits per heavy atom. The normalized spacial score (nSPS) is 12.8.